The minimum Gasteiger partial charge on any atom is -0.264 e. The van der Waals surface area contributed by atoms with Crippen molar-refractivity contribution < 1.29 is 0 Å². The summed E-state index contributed by atoms with van der Waals surface area (Å²) in [6.07, 6.45) is 3.71. The normalized spacial score (nSPS) is 10.3. The van der Waals surface area contributed by atoms with Crippen LogP contribution in [0.25, 0.3) is 10.8 Å². The highest BCUT2D eigenvalue weighted by Gasteiger charge is 1.90. The summed E-state index contributed by atoms with van der Waals surface area (Å²) in [5, 5.41) is 2.47. The highest BCUT2D eigenvalue weighted by Crippen LogP contribution is 2.12. The van der Waals surface area contributed by atoms with Gasteiger partial charge in [0.05, 0.1) is 0 Å². The van der Waals surface area contributed by atoms with Gasteiger partial charge in [-0.05, 0) is 24.4 Å². The van der Waals surface area contributed by atoms with E-state index in [2.05, 4.69) is 30.1 Å². The molecule has 0 spiro atoms. The van der Waals surface area contributed by atoms with E-state index in [1.165, 1.54) is 16.3 Å². The van der Waals surface area contributed by atoms with Crippen LogP contribution in [0.2, 0.25) is 0 Å². The summed E-state index contributed by atoms with van der Waals surface area (Å²) in [7, 11) is 0. The minimum atomic E-state index is 1.22. The second-order valence-corrected chi connectivity index (χ2v) is 2.73. The zero-order chi connectivity index (χ0) is 7.68. The lowest BCUT2D eigenvalue weighted by Crippen LogP contribution is -1.75. The summed E-state index contributed by atoms with van der Waals surface area (Å²) in [5.74, 6) is 0. The maximum atomic E-state index is 4.05. The first-order valence-corrected chi connectivity index (χ1v) is 3.67. The summed E-state index contributed by atoms with van der Waals surface area (Å²) in [6, 6.07) is 8.39. The van der Waals surface area contributed by atoms with Crippen LogP contribution >= 0.6 is 0 Å². The van der Waals surface area contributed by atoms with Crippen LogP contribution in [0, 0.1) is 6.92 Å². The fourth-order valence-electron chi connectivity index (χ4n) is 1.20. The van der Waals surface area contributed by atoms with E-state index in [-0.39, 0.29) is 0 Å². The predicted molar refractivity (Wildman–Crippen MR) is 46.5 cm³/mol. The molecule has 1 heterocycles. The Labute approximate surface area is 65.7 Å². The van der Waals surface area contributed by atoms with E-state index in [0.29, 0.717) is 0 Å². The molecule has 0 unspecified atom stereocenters. The first-order valence-electron chi connectivity index (χ1n) is 3.67. The molecule has 0 aliphatic carbocycles. The highest BCUT2D eigenvalue weighted by atomic mass is 14.6. The van der Waals surface area contributed by atoms with Gasteiger partial charge in [-0.2, -0.15) is 0 Å². The van der Waals surface area contributed by atoms with E-state index in [9.17, 15) is 0 Å². The van der Waals surface area contributed by atoms with Gasteiger partial charge in [0.1, 0.15) is 0 Å². The molecule has 0 radical (unpaired) electrons. The van der Waals surface area contributed by atoms with Crippen LogP contribution in [-0.4, -0.2) is 4.98 Å². The third-order valence-corrected chi connectivity index (χ3v) is 1.80. The lowest BCUT2D eigenvalue weighted by atomic mass is 10.1. The molecular weight excluding hydrogens is 134 g/mol. The molecule has 0 amide bonds. The average Bonchev–Trinajstić information content (AvgIpc) is 2.04. The topological polar surface area (TPSA) is 12.9 Å². The standard InChI is InChI=1S/C10H9N/c1-8-2-3-9-4-5-11-7-10(9)6-8/h2-7H,1H3. The second kappa shape index (κ2) is 2.35. The van der Waals surface area contributed by atoms with Crippen molar-refractivity contribution in [1.29, 1.82) is 0 Å². The van der Waals surface area contributed by atoms with E-state index < -0.39 is 0 Å². The fraction of sp³-hybridized carbons (Fsp3) is 0.100. The number of aryl methyl sites for hydroxylation is 1. The van der Waals surface area contributed by atoms with Crippen LogP contribution in [0.15, 0.2) is 36.7 Å². The Morgan fingerprint density at radius 3 is 2.91 bits per heavy atom. The average molecular weight is 143 g/mol. The molecule has 1 nitrogen and oxygen atoms in total. The summed E-state index contributed by atoms with van der Waals surface area (Å²) in [5.41, 5.74) is 1.28. The highest BCUT2D eigenvalue weighted by molar-refractivity contribution is 5.81. The Hall–Kier alpha value is -1.37. The monoisotopic (exact) mass is 143 g/mol. The van der Waals surface area contributed by atoms with Crippen molar-refractivity contribution >= 4 is 10.8 Å². The van der Waals surface area contributed by atoms with Gasteiger partial charge >= 0.3 is 0 Å². The summed E-state index contributed by atoms with van der Waals surface area (Å²) >= 11 is 0. The van der Waals surface area contributed by atoms with E-state index in [4.69, 9.17) is 0 Å². The quantitative estimate of drug-likeness (QED) is 0.552. The van der Waals surface area contributed by atoms with Crippen LogP contribution in [0.3, 0.4) is 0 Å². The first kappa shape index (κ1) is 6.35. The molecule has 54 valence electrons. The van der Waals surface area contributed by atoms with Gasteiger partial charge in [0.15, 0.2) is 0 Å². The molecule has 2 aromatic rings. The van der Waals surface area contributed by atoms with Crippen molar-refractivity contribution in [1.82, 2.24) is 4.98 Å². The molecule has 0 aliphatic rings. The molecule has 1 aromatic carbocycles. The number of benzene rings is 1. The van der Waals surface area contributed by atoms with E-state index in [0.717, 1.165) is 0 Å². The Morgan fingerprint density at radius 2 is 2.00 bits per heavy atom. The number of nitrogens with zero attached hydrogens (tertiary/aromatic N) is 1. The zero-order valence-electron chi connectivity index (χ0n) is 6.41. The SMILES string of the molecule is Cc1ccc2ccncc2c1. The summed E-state index contributed by atoms with van der Waals surface area (Å²) in [4.78, 5) is 4.05. The molecule has 0 aliphatic heterocycles. The zero-order valence-corrected chi connectivity index (χ0v) is 6.41. The van der Waals surface area contributed by atoms with Gasteiger partial charge in [-0.25, -0.2) is 0 Å². The Morgan fingerprint density at radius 1 is 1.09 bits per heavy atom. The molecular formula is C10H9N. The van der Waals surface area contributed by atoms with E-state index >= 15 is 0 Å². The molecule has 0 bridgehead atoms. The van der Waals surface area contributed by atoms with Crippen molar-refractivity contribution in [3.63, 3.8) is 0 Å². The van der Waals surface area contributed by atoms with Crippen molar-refractivity contribution in [3.8, 4) is 0 Å². The lowest BCUT2D eigenvalue weighted by molar-refractivity contribution is 1.36. The smallest absolute Gasteiger partial charge is 0.0346 e. The third kappa shape index (κ3) is 1.09. The Bertz CT molecular complexity index is 379. The van der Waals surface area contributed by atoms with Crippen molar-refractivity contribution in [3.05, 3.63) is 42.2 Å². The number of pyridine rings is 1. The largest absolute Gasteiger partial charge is 0.264 e. The molecule has 0 N–H and O–H groups in total. The van der Waals surface area contributed by atoms with Crippen LogP contribution in [0.5, 0.6) is 0 Å². The molecule has 1 aromatic heterocycles. The maximum absolute atomic E-state index is 4.05. The van der Waals surface area contributed by atoms with E-state index in [1.807, 2.05) is 18.5 Å². The van der Waals surface area contributed by atoms with Gasteiger partial charge in [0.25, 0.3) is 0 Å². The third-order valence-electron chi connectivity index (χ3n) is 1.80. The van der Waals surface area contributed by atoms with Crippen LogP contribution in [-0.2, 0) is 0 Å². The van der Waals surface area contributed by atoms with Crippen molar-refractivity contribution in [2.75, 3.05) is 0 Å². The summed E-state index contributed by atoms with van der Waals surface area (Å²) in [6.45, 7) is 2.09. The van der Waals surface area contributed by atoms with E-state index in [1.54, 1.807) is 0 Å². The van der Waals surface area contributed by atoms with Gasteiger partial charge in [-0.1, -0.05) is 17.7 Å². The Balaban J connectivity index is 2.83. The molecule has 0 saturated carbocycles. The minimum absolute atomic E-state index is 1.22. The van der Waals surface area contributed by atoms with Gasteiger partial charge in [-0.3, -0.25) is 4.98 Å². The van der Waals surface area contributed by atoms with Gasteiger partial charge in [0, 0.05) is 17.8 Å². The van der Waals surface area contributed by atoms with Crippen LogP contribution in [0.1, 0.15) is 5.56 Å². The number of rotatable bonds is 0. The van der Waals surface area contributed by atoms with Gasteiger partial charge in [0.2, 0.25) is 0 Å². The number of hydrogen-bond donors (Lipinski definition) is 0. The number of aromatic nitrogens is 1. The molecule has 0 atom stereocenters. The van der Waals surface area contributed by atoms with Crippen molar-refractivity contribution in [2.24, 2.45) is 0 Å². The predicted octanol–water partition coefficient (Wildman–Crippen LogP) is 2.54. The Kier molecular flexibility index (Phi) is 1.35. The van der Waals surface area contributed by atoms with Crippen LogP contribution in [0.4, 0.5) is 0 Å². The molecule has 11 heavy (non-hydrogen) atoms. The maximum Gasteiger partial charge on any atom is 0.0346 e. The van der Waals surface area contributed by atoms with Gasteiger partial charge in [-0.15, -0.1) is 0 Å². The molecule has 0 fully saturated rings. The number of fused-ring (bicyclic) bond motifs is 1. The van der Waals surface area contributed by atoms with Gasteiger partial charge < -0.3 is 0 Å². The molecule has 2 rings (SSSR count). The van der Waals surface area contributed by atoms with Crippen molar-refractivity contribution in [2.45, 2.75) is 6.92 Å². The van der Waals surface area contributed by atoms with Crippen LogP contribution < -0.4 is 0 Å². The first-order chi connectivity index (χ1) is 5.36. The molecule has 0 saturated heterocycles. The lowest BCUT2D eigenvalue weighted by Gasteiger charge is -1.96. The fourth-order valence-corrected chi connectivity index (χ4v) is 1.20. The molecule has 1 heteroatoms. The second-order valence-electron chi connectivity index (χ2n) is 2.73. The summed E-state index contributed by atoms with van der Waals surface area (Å²) < 4.78 is 0. The number of hydrogen-bond acceptors (Lipinski definition) is 1.